The lowest BCUT2D eigenvalue weighted by molar-refractivity contribution is 0.0493. The first-order valence-electron chi connectivity index (χ1n) is 5.64. The van der Waals surface area contributed by atoms with Crippen molar-refractivity contribution in [3.05, 3.63) is 47.6 Å². The van der Waals surface area contributed by atoms with Crippen molar-refractivity contribution in [1.82, 2.24) is 0 Å². The van der Waals surface area contributed by atoms with Crippen LogP contribution in [0.2, 0.25) is 0 Å². The van der Waals surface area contributed by atoms with Gasteiger partial charge >= 0.3 is 5.97 Å². The van der Waals surface area contributed by atoms with E-state index >= 15 is 0 Å². The number of allylic oxidation sites excluding steroid dienone is 1. The normalized spacial score (nSPS) is 10.1. The molecular formula is C13H12F4O2. The van der Waals surface area contributed by atoms with Gasteiger partial charge in [0.25, 0.3) is 6.08 Å². The number of unbranched alkanes of at least 4 members (excludes halogenated alkanes) is 2. The van der Waals surface area contributed by atoms with Crippen molar-refractivity contribution >= 4 is 5.97 Å². The van der Waals surface area contributed by atoms with Crippen molar-refractivity contribution in [2.24, 2.45) is 0 Å². The monoisotopic (exact) mass is 276 g/mol. The standard InChI is InChI=1S/C13H12F4O2/c14-9-5-6-10(11(15)8-9)13(18)19-7-3-1-2-4-12(16)17/h4-6,8H,1-3,7H2. The quantitative estimate of drug-likeness (QED) is 0.444. The first-order valence-corrected chi connectivity index (χ1v) is 5.64. The van der Waals surface area contributed by atoms with Crippen LogP contribution in [-0.2, 0) is 4.74 Å². The SMILES string of the molecule is O=C(OCCCCC=C(F)F)c1ccc(F)cc1F. The molecule has 0 aliphatic carbocycles. The van der Waals surface area contributed by atoms with E-state index in [4.69, 9.17) is 4.74 Å². The van der Waals surface area contributed by atoms with Crippen LogP contribution in [0.1, 0.15) is 29.6 Å². The van der Waals surface area contributed by atoms with Gasteiger partial charge in [0.15, 0.2) is 0 Å². The fourth-order valence-corrected chi connectivity index (χ4v) is 1.36. The first kappa shape index (κ1) is 15.2. The highest BCUT2D eigenvalue weighted by Gasteiger charge is 2.13. The molecule has 0 aliphatic rings. The van der Waals surface area contributed by atoms with Gasteiger partial charge in [-0.3, -0.25) is 0 Å². The second kappa shape index (κ2) is 7.56. The minimum absolute atomic E-state index is 0.00258. The zero-order valence-corrected chi connectivity index (χ0v) is 9.97. The summed E-state index contributed by atoms with van der Waals surface area (Å²) < 4.78 is 53.9. The Balaban J connectivity index is 2.33. The molecule has 1 aromatic rings. The molecule has 1 aromatic carbocycles. The summed E-state index contributed by atoms with van der Waals surface area (Å²) in [6.45, 7) is -0.00258. The minimum Gasteiger partial charge on any atom is -0.462 e. The van der Waals surface area contributed by atoms with Gasteiger partial charge in [0, 0.05) is 6.07 Å². The molecule has 0 aromatic heterocycles. The highest BCUT2D eigenvalue weighted by atomic mass is 19.3. The number of rotatable bonds is 6. The topological polar surface area (TPSA) is 26.3 Å². The molecule has 104 valence electrons. The average molecular weight is 276 g/mol. The van der Waals surface area contributed by atoms with Crippen molar-refractivity contribution < 1.29 is 27.1 Å². The molecule has 0 heterocycles. The van der Waals surface area contributed by atoms with Crippen LogP contribution in [0.3, 0.4) is 0 Å². The maximum atomic E-state index is 13.2. The molecular weight excluding hydrogens is 264 g/mol. The number of benzene rings is 1. The van der Waals surface area contributed by atoms with Gasteiger partial charge in [-0.2, -0.15) is 8.78 Å². The fourth-order valence-electron chi connectivity index (χ4n) is 1.36. The molecule has 0 atom stereocenters. The minimum atomic E-state index is -1.75. The number of esters is 1. The summed E-state index contributed by atoms with van der Waals surface area (Å²) in [5.41, 5.74) is -0.351. The summed E-state index contributed by atoms with van der Waals surface area (Å²) in [5, 5.41) is 0. The van der Waals surface area contributed by atoms with E-state index in [0.717, 1.165) is 18.2 Å². The van der Waals surface area contributed by atoms with E-state index in [0.29, 0.717) is 18.9 Å². The summed E-state index contributed by atoms with van der Waals surface area (Å²) in [6.07, 6.45) is 0.0339. The number of hydrogen-bond donors (Lipinski definition) is 0. The lowest BCUT2D eigenvalue weighted by Crippen LogP contribution is -2.08. The summed E-state index contributed by atoms with van der Waals surface area (Å²) >= 11 is 0. The average Bonchev–Trinajstić information content (AvgIpc) is 2.32. The molecule has 2 nitrogen and oxygen atoms in total. The van der Waals surface area contributed by atoms with Crippen molar-refractivity contribution in [3.63, 3.8) is 0 Å². The van der Waals surface area contributed by atoms with Crippen LogP contribution in [0.15, 0.2) is 30.4 Å². The third-order valence-corrected chi connectivity index (χ3v) is 2.28. The van der Waals surface area contributed by atoms with E-state index in [-0.39, 0.29) is 18.6 Å². The largest absolute Gasteiger partial charge is 0.462 e. The molecule has 0 radical (unpaired) electrons. The number of hydrogen-bond acceptors (Lipinski definition) is 2. The lowest BCUT2D eigenvalue weighted by atomic mass is 10.2. The molecule has 19 heavy (non-hydrogen) atoms. The van der Waals surface area contributed by atoms with Crippen molar-refractivity contribution in [3.8, 4) is 0 Å². The lowest BCUT2D eigenvalue weighted by Gasteiger charge is -2.05. The van der Waals surface area contributed by atoms with E-state index in [9.17, 15) is 22.4 Å². The van der Waals surface area contributed by atoms with Crippen LogP contribution >= 0.6 is 0 Å². The van der Waals surface area contributed by atoms with E-state index in [1.807, 2.05) is 0 Å². The Hall–Kier alpha value is -1.85. The van der Waals surface area contributed by atoms with Crippen molar-refractivity contribution in [2.45, 2.75) is 19.3 Å². The van der Waals surface area contributed by atoms with Crippen LogP contribution < -0.4 is 0 Å². The number of carbonyl (C=O) groups excluding carboxylic acids is 1. The Bertz CT molecular complexity index is 468. The molecule has 0 fully saturated rings. The third-order valence-electron chi connectivity index (χ3n) is 2.28. The van der Waals surface area contributed by atoms with E-state index < -0.39 is 23.7 Å². The fraction of sp³-hybridized carbons (Fsp3) is 0.308. The van der Waals surface area contributed by atoms with Gasteiger partial charge in [-0.25, -0.2) is 13.6 Å². The molecule has 0 N–H and O–H groups in total. The van der Waals surface area contributed by atoms with Crippen LogP contribution in [0.4, 0.5) is 17.6 Å². The Kier molecular flexibility index (Phi) is 6.05. The summed E-state index contributed by atoms with van der Waals surface area (Å²) in [7, 11) is 0. The van der Waals surface area contributed by atoms with E-state index in [2.05, 4.69) is 0 Å². The molecule has 0 bridgehead atoms. The smallest absolute Gasteiger partial charge is 0.341 e. The summed E-state index contributed by atoms with van der Waals surface area (Å²) in [5.74, 6) is -2.67. The Morgan fingerprint density at radius 2 is 1.95 bits per heavy atom. The highest BCUT2D eigenvalue weighted by molar-refractivity contribution is 5.89. The van der Waals surface area contributed by atoms with Crippen LogP contribution in [0, 0.1) is 11.6 Å². The van der Waals surface area contributed by atoms with E-state index in [1.165, 1.54) is 0 Å². The van der Waals surface area contributed by atoms with Gasteiger partial charge in [0.1, 0.15) is 11.6 Å². The number of halogens is 4. The second-order valence-electron chi connectivity index (χ2n) is 3.75. The first-order chi connectivity index (χ1) is 9.00. The molecule has 0 saturated carbocycles. The summed E-state index contributed by atoms with van der Waals surface area (Å²) in [6, 6.07) is 2.54. The summed E-state index contributed by atoms with van der Waals surface area (Å²) in [4.78, 5) is 11.4. The Labute approximate surface area is 107 Å². The van der Waals surface area contributed by atoms with E-state index in [1.54, 1.807) is 0 Å². The molecule has 0 unspecified atom stereocenters. The molecule has 0 amide bonds. The van der Waals surface area contributed by atoms with Gasteiger partial charge < -0.3 is 4.74 Å². The third kappa shape index (κ3) is 5.54. The predicted octanol–water partition coefficient (Wildman–Crippen LogP) is 4.07. The Morgan fingerprint density at radius 3 is 2.58 bits per heavy atom. The zero-order valence-electron chi connectivity index (χ0n) is 9.97. The highest BCUT2D eigenvalue weighted by Crippen LogP contribution is 2.11. The maximum Gasteiger partial charge on any atom is 0.341 e. The van der Waals surface area contributed by atoms with Gasteiger partial charge in [0.05, 0.1) is 12.2 Å². The molecule has 0 spiro atoms. The van der Waals surface area contributed by atoms with Gasteiger partial charge in [0.2, 0.25) is 0 Å². The second-order valence-corrected chi connectivity index (χ2v) is 3.75. The Morgan fingerprint density at radius 1 is 1.21 bits per heavy atom. The number of ether oxygens (including phenoxy) is 1. The molecule has 0 aliphatic heterocycles. The van der Waals surface area contributed by atoms with Crippen molar-refractivity contribution in [1.29, 1.82) is 0 Å². The predicted molar refractivity (Wildman–Crippen MR) is 60.8 cm³/mol. The molecule has 0 saturated heterocycles. The molecule has 1 rings (SSSR count). The van der Waals surface area contributed by atoms with Crippen LogP contribution in [-0.4, -0.2) is 12.6 Å². The van der Waals surface area contributed by atoms with Gasteiger partial charge in [-0.15, -0.1) is 0 Å². The molecule has 6 heteroatoms. The van der Waals surface area contributed by atoms with Gasteiger partial charge in [-0.1, -0.05) is 0 Å². The zero-order chi connectivity index (χ0) is 14.3. The maximum absolute atomic E-state index is 13.2. The van der Waals surface area contributed by atoms with Gasteiger partial charge in [-0.05, 0) is 37.5 Å². The van der Waals surface area contributed by atoms with Crippen molar-refractivity contribution in [2.75, 3.05) is 6.61 Å². The number of carbonyl (C=O) groups is 1. The van der Waals surface area contributed by atoms with Crippen LogP contribution in [0.5, 0.6) is 0 Å². The van der Waals surface area contributed by atoms with Crippen LogP contribution in [0.25, 0.3) is 0 Å².